The molecule has 0 aliphatic heterocycles. The lowest BCUT2D eigenvalue weighted by atomic mass is 10.3. The molecule has 8 heteroatoms. The second-order valence-electron chi connectivity index (χ2n) is 5.77. The molecule has 0 bridgehead atoms. The minimum atomic E-state index is -0.00928. The summed E-state index contributed by atoms with van der Waals surface area (Å²) in [5, 5.41) is 5.37. The predicted octanol–water partition coefficient (Wildman–Crippen LogP) is 0.885. The van der Waals surface area contributed by atoms with Crippen LogP contribution in [0.3, 0.4) is 0 Å². The highest BCUT2D eigenvalue weighted by molar-refractivity contribution is 5.75. The van der Waals surface area contributed by atoms with Crippen molar-refractivity contribution in [1.82, 2.24) is 10.6 Å². The van der Waals surface area contributed by atoms with E-state index >= 15 is 0 Å². The third-order valence-corrected chi connectivity index (χ3v) is 3.48. The van der Waals surface area contributed by atoms with Crippen molar-refractivity contribution in [3.63, 3.8) is 0 Å². The van der Waals surface area contributed by atoms with Gasteiger partial charge in [0.1, 0.15) is 0 Å². The molecule has 0 saturated carbocycles. The molecule has 2 N–H and O–H groups in total. The van der Waals surface area contributed by atoms with Crippen molar-refractivity contribution in [3.8, 4) is 0 Å². The molecule has 0 atom stereocenters. The zero-order valence-electron chi connectivity index (χ0n) is 16.3. The van der Waals surface area contributed by atoms with E-state index in [1.807, 2.05) is 0 Å². The summed E-state index contributed by atoms with van der Waals surface area (Å²) < 4.78 is 21.1. The van der Waals surface area contributed by atoms with E-state index in [0.717, 1.165) is 25.7 Å². The number of hydrogen-bond donors (Lipinski definition) is 2. The Morgan fingerprint density at radius 2 is 1.31 bits per heavy atom. The van der Waals surface area contributed by atoms with Gasteiger partial charge in [-0.25, -0.2) is 0 Å². The average molecular weight is 376 g/mol. The lowest BCUT2D eigenvalue weighted by molar-refractivity contribution is -0.122. The summed E-state index contributed by atoms with van der Waals surface area (Å²) in [4.78, 5) is 22.6. The van der Waals surface area contributed by atoms with Gasteiger partial charge in [0.2, 0.25) is 11.8 Å². The minimum Gasteiger partial charge on any atom is -0.385 e. The molecular formula is C18H36N2O6. The fourth-order valence-corrected chi connectivity index (χ4v) is 2.00. The lowest BCUT2D eigenvalue weighted by Crippen LogP contribution is -2.27. The fourth-order valence-electron chi connectivity index (χ4n) is 2.00. The van der Waals surface area contributed by atoms with Crippen molar-refractivity contribution in [2.45, 2.75) is 38.5 Å². The number of unbranched alkanes of at least 4 members (excludes halogenated alkanes) is 1. The van der Waals surface area contributed by atoms with Crippen LogP contribution in [-0.4, -0.2) is 78.8 Å². The van der Waals surface area contributed by atoms with Crippen LogP contribution in [0.15, 0.2) is 0 Å². The van der Waals surface area contributed by atoms with Crippen LogP contribution in [0, 0.1) is 0 Å². The van der Waals surface area contributed by atoms with Gasteiger partial charge in [-0.1, -0.05) is 0 Å². The summed E-state index contributed by atoms with van der Waals surface area (Å²) in [5.74, 6) is 0.0172. The van der Waals surface area contributed by atoms with Crippen molar-refractivity contribution in [1.29, 1.82) is 0 Å². The molecule has 0 radical (unpaired) electrons. The summed E-state index contributed by atoms with van der Waals surface area (Å²) in [7, 11) is 3.28. The quantitative estimate of drug-likeness (QED) is 0.325. The Morgan fingerprint density at radius 1 is 0.692 bits per heavy atom. The van der Waals surface area contributed by atoms with Crippen molar-refractivity contribution in [2.75, 3.05) is 67.0 Å². The Morgan fingerprint density at radius 3 is 2.00 bits per heavy atom. The molecule has 0 aromatic rings. The van der Waals surface area contributed by atoms with E-state index < -0.39 is 0 Å². The average Bonchev–Trinajstić information content (AvgIpc) is 2.65. The molecule has 0 aromatic carbocycles. The Kier molecular flexibility index (Phi) is 19.2. The van der Waals surface area contributed by atoms with E-state index in [9.17, 15) is 9.59 Å². The highest BCUT2D eigenvalue weighted by Crippen LogP contribution is 1.94. The van der Waals surface area contributed by atoms with Gasteiger partial charge in [0.15, 0.2) is 0 Å². The monoisotopic (exact) mass is 376 g/mol. The highest BCUT2D eigenvalue weighted by atomic mass is 16.5. The van der Waals surface area contributed by atoms with Gasteiger partial charge in [-0.2, -0.15) is 0 Å². The highest BCUT2D eigenvalue weighted by Gasteiger charge is 2.01. The first-order valence-corrected chi connectivity index (χ1v) is 9.40. The number of hydrogen-bond acceptors (Lipinski definition) is 6. The number of ether oxygens (including phenoxy) is 4. The van der Waals surface area contributed by atoms with Crippen LogP contribution < -0.4 is 10.6 Å². The summed E-state index contributed by atoms with van der Waals surface area (Å²) in [5.41, 5.74) is 0. The van der Waals surface area contributed by atoms with Gasteiger partial charge in [-0.05, 0) is 25.7 Å². The van der Waals surface area contributed by atoms with Gasteiger partial charge in [-0.3, -0.25) is 9.59 Å². The van der Waals surface area contributed by atoms with Crippen LogP contribution in [0.4, 0.5) is 0 Å². The van der Waals surface area contributed by atoms with E-state index in [4.69, 9.17) is 18.9 Å². The number of nitrogens with one attached hydrogen (secondary N) is 2. The van der Waals surface area contributed by atoms with Crippen LogP contribution in [-0.2, 0) is 28.5 Å². The summed E-state index contributed by atoms with van der Waals surface area (Å²) in [6, 6.07) is 0. The summed E-state index contributed by atoms with van der Waals surface area (Å²) in [6.45, 7) is 4.72. The molecule has 8 nitrogen and oxygen atoms in total. The molecule has 0 aliphatic rings. The second-order valence-corrected chi connectivity index (χ2v) is 5.77. The van der Waals surface area contributed by atoms with Gasteiger partial charge in [0, 0.05) is 66.6 Å². The molecule has 0 fully saturated rings. The zero-order valence-corrected chi connectivity index (χ0v) is 16.3. The van der Waals surface area contributed by atoms with Crippen molar-refractivity contribution < 1.29 is 28.5 Å². The lowest BCUT2D eigenvalue weighted by Gasteiger charge is -2.07. The number of amides is 2. The Hall–Kier alpha value is -1.22. The molecule has 0 spiro atoms. The van der Waals surface area contributed by atoms with Crippen LogP contribution in [0.2, 0.25) is 0 Å². The smallest absolute Gasteiger partial charge is 0.222 e. The first-order valence-electron chi connectivity index (χ1n) is 9.40. The largest absolute Gasteiger partial charge is 0.385 e. The second kappa shape index (κ2) is 20.1. The normalized spacial score (nSPS) is 10.7. The SMILES string of the molecule is CNC(=O)CCOCCCCOCCNC(=O)CCCOCCCOC. The number of carbonyl (C=O) groups is 2. The molecule has 0 aliphatic carbocycles. The van der Waals surface area contributed by atoms with E-state index in [2.05, 4.69) is 10.6 Å². The van der Waals surface area contributed by atoms with Crippen LogP contribution in [0.25, 0.3) is 0 Å². The van der Waals surface area contributed by atoms with Gasteiger partial charge >= 0.3 is 0 Å². The topological polar surface area (TPSA) is 95.1 Å². The van der Waals surface area contributed by atoms with E-state index in [1.165, 1.54) is 0 Å². The van der Waals surface area contributed by atoms with Crippen molar-refractivity contribution in [3.05, 3.63) is 0 Å². The first kappa shape index (κ1) is 24.8. The number of carbonyl (C=O) groups excluding carboxylic acids is 2. The van der Waals surface area contributed by atoms with E-state index in [1.54, 1.807) is 14.2 Å². The van der Waals surface area contributed by atoms with Crippen LogP contribution >= 0.6 is 0 Å². The van der Waals surface area contributed by atoms with E-state index in [0.29, 0.717) is 65.6 Å². The molecule has 0 unspecified atom stereocenters. The van der Waals surface area contributed by atoms with Gasteiger partial charge in [0.05, 0.1) is 13.2 Å². The molecule has 0 saturated heterocycles. The van der Waals surface area contributed by atoms with Crippen molar-refractivity contribution >= 4 is 11.8 Å². The van der Waals surface area contributed by atoms with Crippen LogP contribution in [0.5, 0.6) is 0 Å². The predicted molar refractivity (Wildman–Crippen MR) is 99.1 cm³/mol. The Bertz CT molecular complexity index is 342. The maximum absolute atomic E-state index is 11.6. The van der Waals surface area contributed by atoms with Crippen LogP contribution in [0.1, 0.15) is 38.5 Å². The number of methoxy groups -OCH3 is 1. The third kappa shape index (κ3) is 19.1. The molecule has 26 heavy (non-hydrogen) atoms. The standard InChI is InChI=1S/C18H36N2O6/c1-19-17(21)8-15-25-11-3-4-12-26-16-9-20-18(22)7-5-13-24-14-6-10-23-2/h3-16H2,1-2H3,(H,19,21)(H,20,22). The van der Waals surface area contributed by atoms with Gasteiger partial charge < -0.3 is 29.6 Å². The number of rotatable bonds is 19. The van der Waals surface area contributed by atoms with Gasteiger partial charge in [0.25, 0.3) is 0 Å². The summed E-state index contributed by atoms with van der Waals surface area (Å²) in [6.07, 6.45) is 4.25. The Balaban J connectivity index is 3.17. The first-order chi connectivity index (χ1) is 12.7. The van der Waals surface area contributed by atoms with E-state index in [-0.39, 0.29) is 11.8 Å². The molecule has 2 amide bonds. The third-order valence-electron chi connectivity index (χ3n) is 3.48. The molecule has 0 rings (SSSR count). The van der Waals surface area contributed by atoms with Gasteiger partial charge in [-0.15, -0.1) is 0 Å². The molecule has 0 aromatic heterocycles. The zero-order chi connectivity index (χ0) is 19.3. The minimum absolute atomic E-state index is 0.00928. The fraction of sp³-hybridized carbons (Fsp3) is 0.889. The molecule has 154 valence electrons. The molecule has 0 heterocycles. The van der Waals surface area contributed by atoms with Crippen molar-refractivity contribution in [2.24, 2.45) is 0 Å². The Labute approximate surface area is 157 Å². The maximum atomic E-state index is 11.6. The summed E-state index contributed by atoms with van der Waals surface area (Å²) >= 11 is 0. The maximum Gasteiger partial charge on any atom is 0.222 e. The molecular weight excluding hydrogens is 340 g/mol.